The van der Waals surface area contributed by atoms with E-state index < -0.39 is 11.7 Å². The molecule has 35 heavy (non-hydrogen) atoms. The second-order valence-electron chi connectivity index (χ2n) is 9.03. The van der Waals surface area contributed by atoms with Gasteiger partial charge >= 0.3 is 6.18 Å². The van der Waals surface area contributed by atoms with Crippen LogP contribution in [0.4, 0.5) is 19.0 Å². The predicted molar refractivity (Wildman–Crippen MR) is 128 cm³/mol. The quantitative estimate of drug-likeness (QED) is 0.371. The Morgan fingerprint density at radius 2 is 2.00 bits per heavy atom. The fraction of sp³-hybridized carbons (Fsp3) is 0.478. The number of rotatable bonds is 6. The highest BCUT2D eigenvalue weighted by atomic mass is 32.1. The Kier molecular flexibility index (Phi) is 6.04. The van der Waals surface area contributed by atoms with Crippen LogP contribution in [0.15, 0.2) is 24.7 Å². The predicted octanol–water partition coefficient (Wildman–Crippen LogP) is 5.53. The third-order valence-corrected chi connectivity index (χ3v) is 7.39. The summed E-state index contributed by atoms with van der Waals surface area (Å²) in [5.74, 6) is 0.902. The second kappa shape index (κ2) is 8.90. The number of aromatic nitrogens is 6. The Bertz CT molecular complexity index is 1360. The number of anilines is 1. The number of thiophene rings is 1. The highest BCUT2D eigenvalue weighted by Crippen LogP contribution is 2.48. The smallest absolute Gasteiger partial charge is 0.381 e. The normalized spacial score (nSPS) is 18.7. The van der Waals surface area contributed by atoms with Crippen molar-refractivity contribution in [3.63, 3.8) is 0 Å². The van der Waals surface area contributed by atoms with Gasteiger partial charge in [0, 0.05) is 44.8 Å². The summed E-state index contributed by atoms with van der Waals surface area (Å²) in [5.41, 5.74) is -0.500. The van der Waals surface area contributed by atoms with Crippen LogP contribution in [0, 0.1) is 0 Å². The van der Waals surface area contributed by atoms with Crippen molar-refractivity contribution in [2.24, 2.45) is 7.05 Å². The molecular formula is C23H26F3N7OS. The largest absolute Gasteiger partial charge is 0.418 e. The molecule has 4 aromatic heterocycles. The van der Waals surface area contributed by atoms with Crippen molar-refractivity contribution in [3.8, 4) is 22.2 Å². The number of hydrogen-bond acceptors (Lipinski definition) is 7. The summed E-state index contributed by atoms with van der Waals surface area (Å²) in [6.07, 6.45) is 2.80. The molecule has 5 rings (SSSR count). The molecule has 0 radical (unpaired) electrons. The fourth-order valence-electron chi connectivity index (χ4n) is 4.46. The average Bonchev–Trinajstić information content (AvgIpc) is 3.57. The van der Waals surface area contributed by atoms with E-state index in [9.17, 15) is 13.2 Å². The van der Waals surface area contributed by atoms with E-state index in [0.29, 0.717) is 12.2 Å². The van der Waals surface area contributed by atoms with Crippen LogP contribution in [0.25, 0.3) is 32.4 Å². The van der Waals surface area contributed by atoms with Crippen LogP contribution in [0.5, 0.6) is 0 Å². The van der Waals surface area contributed by atoms with Crippen molar-refractivity contribution >= 4 is 27.4 Å². The van der Waals surface area contributed by atoms with Crippen LogP contribution in [0.2, 0.25) is 0 Å². The lowest BCUT2D eigenvalue weighted by Crippen LogP contribution is -2.19. The molecule has 0 bridgehead atoms. The molecule has 186 valence electrons. The topological polar surface area (TPSA) is 82.7 Å². The molecule has 4 aromatic rings. The summed E-state index contributed by atoms with van der Waals surface area (Å²) in [4.78, 5) is 13.7. The number of aryl methyl sites for hydroxylation is 1. The van der Waals surface area contributed by atoms with E-state index in [1.165, 1.54) is 0 Å². The van der Waals surface area contributed by atoms with Crippen LogP contribution >= 0.6 is 11.3 Å². The molecule has 12 heteroatoms. The van der Waals surface area contributed by atoms with Gasteiger partial charge in [-0.2, -0.15) is 18.3 Å². The number of nitrogens with zero attached hydrogens (tertiary/aromatic N) is 6. The number of fused-ring (bicyclic) bond motifs is 1. The molecule has 0 saturated heterocycles. The van der Waals surface area contributed by atoms with E-state index in [2.05, 4.69) is 25.4 Å². The first-order valence-corrected chi connectivity index (χ1v) is 12.2. The fourth-order valence-corrected chi connectivity index (χ4v) is 5.62. The Hall–Kier alpha value is -2.99. The Balaban J connectivity index is 1.72. The van der Waals surface area contributed by atoms with Crippen molar-refractivity contribution < 1.29 is 17.9 Å². The molecule has 0 spiro atoms. The summed E-state index contributed by atoms with van der Waals surface area (Å²) >= 11 is 0.975. The molecule has 0 aromatic carbocycles. The third-order valence-electron chi connectivity index (χ3n) is 6.29. The maximum atomic E-state index is 14.6. The molecule has 0 amide bonds. The molecule has 1 saturated carbocycles. The average molecular weight is 506 g/mol. The van der Waals surface area contributed by atoms with Gasteiger partial charge in [-0.3, -0.25) is 4.68 Å². The molecular weight excluding hydrogens is 479 g/mol. The number of methoxy groups -OCH3 is 1. The molecule has 8 nitrogen and oxygen atoms in total. The summed E-state index contributed by atoms with van der Waals surface area (Å²) in [6, 6.07) is 1.58. The monoisotopic (exact) mass is 505 g/mol. The SMILES string of the molecule is CO[C@H]1CCC(Nc2nc(-c3nccn3C)nc3sc(-c4ccn(C(C)C)n4)c(C(F)(F)F)c23)C1. The zero-order chi connectivity index (χ0) is 24.9. The van der Waals surface area contributed by atoms with Gasteiger partial charge < -0.3 is 14.6 Å². The van der Waals surface area contributed by atoms with E-state index in [0.717, 1.165) is 24.2 Å². The van der Waals surface area contributed by atoms with Crippen LogP contribution in [0.3, 0.4) is 0 Å². The molecule has 2 atom stereocenters. The number of ether oxygens (including phenoxy) is 1. The molecule has 1 unspecified atom stereocenters. The second-order valence-corrected chi connectivity index (χ2v) is 10.0. The zero-order valence-corrected chi connectivity index (χ0v) is 20.6. The van der Waals surface area contributed by atoms with Crippen LogP contribution < -0.4 is 5.32 Å². The van der Waals surface area contributed by atoms with Crippen LogP contribution in [-0.4, -0.2) is 48.6 Å². The van der Waals surface area contributed by atoms with E-state index in [-0.39, 0.29) is 50.6 Å². The molecule has 1 aliphatic carbocycles. The van der Waals surface area contributed by atoms with Gasteiger partial charge in [-0.15, -0.1) is 11.3 Å². The zero-order valence-electron chi connectivity index (χ0n) is 19.8. The van der Waals surface area contributed by atoms with Gasteiger partial charge in [0.1, 0.15) is 16.3 Å². The molecule has 4 heterocycles. The first-order chi connectivity index (χ1) is 16.7. The molecule has 1 aliphatic rings. The Morgan fingerprint density at radius 3 is 2.60 bits per heavy atom. The number of halogens is 3. The highest BCUT2D eigenvalue weighted by molar-refractivity contribution is 7.22. The van der Waals surface area contributed by atoms with Crippen LogP contribution in [0.1, 0.15) is 44.7 Å². The van der Waals surface area contributed by atoms with Crippen molar-refractivity contribution in [2.75, 3.05) is 12.4 Å². The summed E-state index contributed by atoms with van der Waals surface area (Å²) in [6.45, 7) is 3.85. The molecule has 1 fully saturated rings. The molecule has 1 N–H and O–H groups in total. The summed E-state index contributed by atoms with van der Waals surface area (Å²) in [5, 5.41) is 7.67. The van der Waals surface area contributed by atoms with Gasteiger partial charge in [0.25, 0.3) is 0 Å². The highest BCUT2D eigenvalue weighted by Gasteiger charge is 2.41. The summed E-state index contributed by atoms with van der Waals surface area (Å²) in [7, 11) is 3.45. The number of nitrogens with one attached hydrogen (secondary N) is 1. The van der Waals surface area contributed by atoms with Crippen molar-refractivity contribution in [1.29, 1.82) is 0 Å². The minimum atomic E-state index is -4.62. The van der Waals surface area contributed by atoms with Gasteiger partial charge in [-0.05, 0) is 39.2 Å². The minimum absolute atomic E-state index is 0.0237. The number of hydrogen-bond donors (Lipinski definition) is 1. The standard InChI is InChI=1S/C23H26F3N7OS/c1-12(2)33-9-7-15(31-33)18-17(23(24,25)26)16-19(28-13-5-6-14(11-13)34-4)29-20(30-22(16)35-18)21-27-8-10-32(21)3/h7-10,12-14H,5-6,11H2,1-4H3,(H,28,29,30)/t13?,14-/m0/s1. The first-order valence-electron chi connectivity index (χ1n) is 11.4. The lowest BCUT2D eigenvalue weighted by atomic mass is 10.1. The lowest BCUT2D eigenvalue weighted by Gasteiger charge is -2.17. The van der Waals surface area contributed by atoms with Gasteiger partial charge in [0.2, 0.25) is 0 Å². The maximum absolute atomic E-state index is 14.6. The van der Waals surface area contributed by atoms with Gasteiger partial charge in [0.05, 0.1) is 21.9 Å². The lowest BCUT2D eigenvalue weighted by molar-refractivity contribution is -0.135. The Morgan fingerprint density at radius 1 is 1.20 bits per heavy atom. The van der Waals surface area contributed by atoms with Gasteiger partial charge in [-0.25, -0.2) is 15.0 Å². The third kappa shape index (κ3) is 4.40. The van der Waals surface area contributed by atoms with Crippen molar-refractivity contribution in [1.82, 2.24) is 29.3 Å². The van der Waals surface area contributed by atoms with Crippen molar-refractivity contribution in [2.45, 2.75) is 57.5 Å². The Labute approximate surface area is 204 Å². The van der Waals surface area contributed by atoms with E-state index in [4.69, 9.17) is 4.74 Å². The number of alkyl halides is 3. The van der Waals surface area contributed by atoms with E-state index in [1.807, 2.05) is 13.8 Å². The van der Waals surface area contributed by atoms with E-state index in [1.54, 1.807) is 48.1 Å². The maximum Gasteiger partial charge on any atom is 0.418 e. The van der Waals surface area contributed by atoms with Crippen molar-refractivity contribution in [3.05, 3.63) is 30.2 Å². The van der Waals surface area contributed by atoms with Gasteiger partial charge in [-0.1, -0.05) is 0 Å². The van der Waals surface area contributed by atoms with E-state index >= 15 is 0 Å². The number of imidazole rings is 1. The molecule has 0 aliphatic heterocycles. The minimum Gasteiger partial charge on any atom is -0.381 e. The van der Waals surface area contributed by atoms with Crippen LogP contribution in [-0.2, 0) is 18.0 Å². The summed E-state index contributed by atoms with van der Waals surface area (Å²) < 4.78 is 52.5. The van der Waals surface area contributed by atoms with Gasteiger partial charge in [0.15, 0.2) is 11.6 Å². The first kappa shape index (κ1) is 23.7.